The molecule has 0 aliphatic heterocycles. The molecular weight excluding hydrogens is 696 g/mol. The van der Waals surface area contributed by atoms with E-state index in [-0.39, 0.29) is 43.6 Å². The van der Waals surface area contributed by atoms with Crippen LogP contribution >= 0.6 is 46.4 Å². The number of nitrogens with zero attached hydrogens (tertiary/aromatic N) is 1. The van der Waals surface area contributed by atoms with Gasteiger partial charge in [0.1, 0.15) is 5.69 Å². The molecule has 1 unspecified atom stereocenters. The average Bonchev–Trinajstić information content (AvgIpc) is 3.34. The minimum Gasteiger partial charge on any atom is -0.400 e. The zero-order valence-electron chi connectivity index (χ0n) is 26.6. The molecule has 0 aliphatic carbocycles. The van der Waals surface area contributed by atoms with Crippen molar-refractivity contribution in [2.45, 2.75) is 70.1 Å². The van der Waals surface area contributed by atoms with Crippen molar-refractivity contribution in [3.63, 3.8) is 0 Å². The second-order valence-electron chi connectivity index (χ2n) is 11.3. The van der Waals surface area contributed by atoms with Gasteiger partial charge in [-0.2, -0.15) is 0 Å². The predicted molar refractivity (Wildman–Crippen MR) is 196 cm³/mol. The van der Waals surface area contributed by atoms with Gasteiger partial charge in [0.05, 0.1) is 15.4 Å². The van der Waals surface area contributed by atoms with E-state index in [9.17, 15) is 14.4 Å². The third-order valence-electron chi connectivity index (χ3n) is 7.52. The van der Waals surface area contributed by atoms with Gasteiger partial charge in [0.2, 0.25) is 5.75 Å². The summed E-state index contributed by atoms with van der Waals surface area (Å²) in [6.45, 7) is 2.55. The Morgan fingerprint density at radius 2 is 1.50 bits per heavy atom. The minimum absolute atomic E-state index is 0.00837. The van der Waals surface area contributed by atoms with Gasteiger partial charge in [-0.3, -0.25) is 20.0 Å². The molecule has 48 heavy (non-hydrogen) atoms. The van der Waals surface area contributed by atoms with Crippen LogP contribution in [0.15, 0.2) is 71.5 Å². The topological polar surface area (TPSA) is 117 Å². The van der Waals surface area contributed by atoms with Crippen molar-refractivity contribution in [3.8, 4) is 11.4 Å². The van der Waals surface area contributed by atoms with E-state index >= 15 is 0 Å². The summed E-state index contributed by atoms with van der Waals surface area (Å²) < 4.78 is 6.53. The zero-order chi connectivity index (χ0) is 34.5. The number of ether oxygens (including phenoxy) is 1. The van der Waals surface area contributed by atoms with Gasteiger partial charge in [0.15, 0.2) is 5.82 Å². The number of para-hydroxylation sites is 1. The molecule has 0 radical (unpaired) electrons. The number of halogens is 4. The third kappa shape index (κ3) is 11.0. The summed E-state index contributed by atoms with van der Waals surface area (Å²) in [7, 11) is 0. The summed E-state index contributed by atoms with van der Waals surface area (Å²) in [5, 5.41) is 11.7. The van der Waals surface area contributed by atoms with Crippen molar-refractivity contribution >= 4 is 75.6 Å². The lowest BCUT2D eigenvalue weighted by atomic mass is 10.1. The number of benzene rings is 3. The fourth-order valence-electron chi connectivity index (χ4n) is 5.05. The smallest absolute Gasteiger partial charge is 0.400 e. The van der Waals surface area contributed by atoms with Gasteiger partial charge in [-0.05, 0) is 48.9 Å². The summed E-state index contributed by atoms with van der Waals surface area (Å²) in [4.78, 5) is 39.4. The summed E-state index contributed by atoms with van der Waals surface area (Å²) in [6.07, 6.45) is 9.67. The van der Waals surface area contributed by atoms with Gasteiger partial charge in [-0.15, -0.1) is 11.6 Å². The number of nitrogens with one attached hydrogen (secondary N) is 4. The quantitative estimate of drug-likeness (QED) is 0.0636. The van der Waals surface area contributed by atoms with E-state index in [1.807, 2.05) is 0 Å². The van der Waals surface area contributed by atoms with Crippen molar-refractivity contribution in [3.05, 3.63) is 97.7 Å². The number of carbonyl (C=O) groups excluding carboxylic acids is 2. The molecule has 256 valence electrons. The van der Waals surface area contributed by atoms with E-state index in [0.717, 1.165) is 23.9 Å². The highest BCUT2D eigenvalue weighted by Crippen LogP contribution is 2.33. The lowest BCUT2D eigenvalue weighted by molar-refractivity contribution is 0.0953. The van der Waals surface area contributed by atoms with E-state index in [1.165, 1.54) is 50.7 Å². The highest BCUT2D eigenvalue weighted by atomic mass is 35.5. The second kappa shape index (κ2) is 18.8. The second-order valence-corrected chi connectivity index (χ2v) is 13.2. The van der Waals surface area contributed by atoms with Crippen LogP contribution < -0.4 is 26.2 Å². The molecule has 13 heteroatoms. The number of hydrogen-bond acceptors (Lipinski definition) is 5. The largest absolute Gasteiger partial charge is 0.417 e. The first-order chi connectivity index (χ1) is 23.2. The fraction of sp³-hybridized carbons (Fsp3) is 0.343. The third-order valence-corrected chi connectivity index (χ3v) is 8.68. The molecule has 4 rings (SSSR count). The molecule has 4 N–H and O–H groups in total. The van der Waals surface area contributed by atoms with Gasteiger partial charge in [-0.1, -0.05) is 117 Å². The lowest BCUT2D eigenvalue weighted by Gasteiger charge is -2.12. The van der Waals surface area contributed by atoms with Crippen molar-refractivity contribution in [1.82, 2.24) is 15.1 Å². The van der Waals surface area contributed by atoms with Crippen LogP contribution in [0.3, 0.4) is 0 Å². The number of aromatic nitrogens is 2. The number of aromatic amines is 1. The predicted octanol–water partition coefficient (Wildman–Crippen LogP) is 10.3. The van der Waals surface area contributed by atoms with E-state index in [0.29, 0.717) is 23.5 Å². The Bertz CT molecular complexity index is 1700. The molecule has 0 saturated carbocycles. The molecular formula is C35H39Cl4N5O4. The van der Waals surface area contributed by atoms with Crippen LogP contribution in [0.1, 0.15) is 75.1 Å². The Kier molecular flexibility index (Phi) is 14.6. The molecule has 1 atom stereocenters. The number of H-pyrrole nitrogens is 1. The molecule has 3 aromatic carbocycles. The number of amides is 2. The molecule has 0 saturated heterocycles. The van der Waals surface area contributed by atoms with Gasteiger partial charge in [0.25, 0.3) is 5.91 Å². The van der Waals surface area contributed by atoms with E-state index in [1.54, 1.807) is 54.6 Å². The molecule has 1 heterocycles. The normalized spacial score (nSPS) is 11.6. The maximum atomic E-state index is 13.6. The summed E-state index contributed by atoms with van der Waals surface area (Å²) in [6, 6.07) is 18.1. The van der Waals surface area contributed by atoms with Gasteiger partial charge < -0.3 is 15.4 Å². The van der Waals surface area contributed by atoms with Crippen LogP contribution in [0.5, 0.6) is 5.75 Å². The number of alkyl halides is 1. The monoisotopic (exact) mass is 733 g/mol. The van der Waals surface area contributed by atoms with Crippen LogP contribution in [0.2, 0.25) is 15.1 Å². The number of hydrogen-bond donors (Lipinski definition) is 4. The molecule has 0 fully saturated rings. The Labute approximate surface area is 300 Å². The molecule has 0 spiro atoms. The van der Waals surface area contributed by atoms with Crippen LogP contribution in [0, 0.1) is 0 Å². The van der Waals surface area contributed by atoms with E-state index in [2.05, 4.69) is 28.0 Å². The Hall–Kier alpha value is -3.63. The first-order valence-electron chi connectivity index (χ1n) is 16.0. The Morgan fingerprint density at radius 1 is 0.854 bits per heavy atom. The molecule has 2 amide bonds. The van der Waals surface area contributed by atoms with Gasteiger partial charge in [-0.25, -0.2) is 9.48 Å². The first kappa shape index (κ1) is 37.2. The summed E-state index contributed by atoms with van der Waals surface area (Å²) in [5.41, 5.74) is 0.604. The number of anilines is 3. The molecule has 4 aromatic rings. The standard InChI is InChI=1S/C35H39Cl4N5O4/c1-2-3-4-5-6-7-8-10-15-24(36)22-40-33(45)23-14-13-18-27(19-23)41-32-31(48-35(47)42-26-16-11-9-12-17-26)34(46)44(43-32)30-28(38)20-25(37)21-29(30)39/h9,11-14,16-21,24,41,43H,2-8,10,15,22H2,1H3,(H,40,45)(H,42,47). The maximum absolute atomic E-state index is 13.6. The van der Waals surface area contributed by atoms with E-state index in [4.69, 9.17) is 51.1 Å². The fourth-order valence-corrected chi connectivity index (χ4v) is 6.27. The number of unbranched alkanes of at least 4 members (excludes halogenated alkanes) is 7. The van der Waals surface area contributed by atoms with Crippen LogP contribution in [0.25, 0.3) is 5.69 Å². The van der Waals surface area contributed by atoms with Crippen molar-refractivity contribution in [1.29, 1.82) is 0 Å². The highest BCUT2D eigenvalue weighted by Gasteiger charge is 2.24. The summed E-state index contributed by atoms with van der Waals surface area (Å²) >= 11 is 25.4. The van der Waals surface area contributed by atoms with Crippen molar-refractivity contribution in [2.75, 3.05) is 17.2 Å². The molecule has 9 nitrogen and oxygen atoms in total. The Morgan fingerprint density at radius 3 is 2.19 bits per heavy atom. The average molecular weight is 736 g/mol. The van der Waals surface area contributed by atoms with Gasteiger partial charge in [0, 0.05) is 28.5 Å². The van der Waals surface area contributed by atoms with Crippen LogP contribution in [-0.4, -0.2) is 33.7 Å². The number of carbonyl (C=O) groups is 2. The van der Waals surface area contributed by atoms with Crippen molar-refractivity contribution < 1.29 is 14.3 Å². The SMILES string of the molecule is CCCCCCCCCCC(Cl)CNC(=O)c1cccc(Nc2[nH]n(-c3c(Cl)cc(Cl)cc3Cl)c(=O)c2OC(=O)Nc2ccccc2)c1. The lowest BCUT2D eigenvalue weighted by Crippen LogP contribution is -2.29. The van der Waals surface area contributed by atoms with Crippen molar-refractivity contribution in [2.24, 2.45) is 0 Å². The first-order valence-corrected chi connectivity index (χ1v) is 17.6. The zero-order valence-corrected chi connectivity index (χ0v) is 29.6. The number of rotatable bonds is 17. The van der Waals surface area contributed by atoms with E-state index < -0.39 is 11.7 Å². The minimum atomic E-state index is -0.906. The van der Waals surface area contributed by atoms with Gasteiger partial charge >= 0.3 is 11.7 Å². The maximum Gasteiger partial charge on any atom is 0.417 e. The molecule has 0 aliphatic rings. The molecule has 0 bridgehead atoms. The van der Waals surface area contributed by atoms with Crippen LogP contribution in [0.4, 0.5) is 22.0 Å². The highest BCUT2D eigenvalue weighted by molar-refractivity contribution is 6.40. The van der Waals surface area contributed by atoms with Crippen LogP contribution in [-0.2, 0) is 0 Å². The Balaban J connectivity index is 1.45. The molecule has 1 aromatic heterocycles. The summed E-state index contributed by atoms with van der Waals surface area (Å²) in [5.74, 6) is -0.662.